The molecule has 0 aromatic carbocycles. The van der Waals surface area contributed by atoms with Gasteiger partial charge in [0.1, 0.15) is 11.2 Å². The molecule has 2 aliphatic rings. The molecule has 2 heterocycles. The molecule has 8 nitrogen and oxygen atoms in total. The third kappa shape index (κ3) is 4.68. The fourth-order valence-electron chi connectivity index (χ4n) is 4.17. The van der Waals surface area contributed by atoms with Crippen LogP contribution in [0.4, 0.5) is 0 Å². The zero-order chi connectivity index (χ0) is 21.9. The average Bonchev–Trinajstić information content (AvgIpc) is 2.94. The standard InChI is InChI=1S/C22H35N5O3/c1-15(2)11-12-23-19(28)17-13-18-20(29)26(4)22(3,14-27(18)25-17)21(30)24-16-9-7-5-6-8-10-16/h13,15-16H,5-12,14H2,1-4H3,(H,23,28)(H,24,30). The van der Waals surface area contributed by atoms with Gasteiger partial charge in [0.2, 0.25) is 5.91 Å². The molecule has 3 rings (SSSR count). The van der Waals surface area contributed by atoms with E-state index in [0.29, 0.717) is 18.2 Å². The van der Waals surface area contributed by atoms with Crippen LogP contribution in [0.1, 0.15) is 86.7 Å². The van der Waals surface area contributed by atoms with Crippen LogP contribution in [0.3, 0.4) is 0 Å². The topological polar surface area (TPSA) is 96.3 Å². The Kier molecular flexibility index (Phi) is 6.83. The van der Waals surface area contributed by atoms with E-state index in [9.17, 15) is 14.4 Å². The van der Waals surface area contributed by atoms with Crippen LogP contribution in [0, 0.1) is 5.92 Å². The van der Waals surface area contributed by atoms with Crippen LogP contribution in [0.25, 0.3) is 0 Å². The minimum atomic E-state index is -1.05. The summed E-state index contributed by atoms with van der Waals surface area (Å²) in [5.74, 6) is -0.260. The average molecular weight is 418 g/mol. The number of nitrogens with one attached hydrogen (secondary N) is 2. The number of likely N-dealkylation sites (N-methyl/N-ethyl adjacent to an activating group) is 1. The van der Waals surface area contributed by atoms with Crippen molar-refractivity contribution < 1.29 is 14.4 Å². The highest BCUT2D eigenvalue weighted by molar-refractivity contribution is 6.01. The molecule has 0 radical (unpaired) electrons. The molecule has 2 N–H and O–H groups in total. The highest BCUT2D eigenvalue weighted by Crippen LogP contribution is 2.27. The Bertz CT molecular complexity index is 795. The van der Waals surface area contributed by atoms with Crippen molar-refractivity contribution in [2.75, 3.05) is 13.6 Å². The molecule has 0 spiro atoms. The first-order valence-corrected chi connectivity index (χ1v) is 11.2. The highest BCUT2D eigenvalue weighted by Gasteiger charge is 2.46. The smallest absolute Gasteiger partial charge is 0.272 e. The van der Waals surface area contributed by atoms with Gasteiger partial charge in [-0.15, -0.1) is 0 Å². The van der Waals surface area contributed by atoms with Crippen molar-refractivity contribution in [2.24, 2.45) is 5.92 Å². The van der Waals surface area contributed by atoms with Crippen LogP contribution in [-0.2, 0) is 11.3 Å². The van der Waals surface area contributed by atoms with Gasteiger partial charge in [-0.1, -0.05) is 39.5 Å². The van der Waals surface area contributed by atoms with Crippen molar-refractivity contribution in [3.8, 4) is 0 Å². The van der Waals surface area contributed by atoms with Crippen molar-refractivity contribution in [3.63, 3.8) is 0 Å². The van der Waals surface area contributed by atoms with E-state index < -0.39 is 5.54 Å². The maximum absolute atomic E-state index is 13.2. The van der Waals surface area contributed by atoms with Crippen molar-refractivity contribution in [1.29, 1.82) is 0 Å². The summed E-state index contributed by atoms with van der Waals surface area (Å²) < 4.78 is 1.51. The monoisotopic (exact) mass is 417 g/mol. The lowest BCUT2D eigenvalue weighted by molar-refractivity contribution is -0.133. The largest absolute Gasteiger partial charge is 0.351 e. The fraction of sp³-hybridized carbons (Fsp3) is 0.727. The van der Waals surface area contributed by atoms with Crippen LogP contribution in [-0.4, -0.2) is 57.6 Å². The van der Waals surface area contributed by atoms with Crippen molar-refractivity contribution in [1.82, 2.24) is 25.3 Å². The van der Waals surface area contributed by atoms with Gasteiger partial charge >= 0.3 is 0 Å². The van der Waals surface area contributed by atoms with Crippen LogP contribution in [0.2, 0.25) is 0 Å². The molecule has 0 bridgehead atoms. The van der Waals surface area contributed by atoms with Crippen LogP contribution in [0.5, 0.6) is 0 Å². The predicted octanol–water partition coefficient (Wildman–Crippen LogP) is 2.34. The molecule has 1 aromatic rings. The summed E-state index contributed by atoms with van der Waals surface area (Å²) in [7, 11) is 1.65. The second-order valence-corrected chi connectivity index (χ2v) is 9.31. The van der Waals surface area contributed by atoms with E-state index in [1.807, 2.05) is 0 Å². The van der Waals surface area contributed by atoms with Crippen molar-refractivity contribution in [2.45, 2.75) is 83.8 Å². The van der Waals surface area contributed by atoms with E-state index in [2.05, 4.69) is 29.6 Å². The quantitative estimate of drug-likeness (QED) is 0.695. The lowest BCUT2D eigenvalue weighted by Crippen LogP contribution is -2.63. The Morgan fingerprint density at radius 1 is 1.23 bits per heavy atom. The van der Waals surface area contributed by atoms with E-state index in [4.69, 9.17) is 0 Å². The SMILES string of the molecule is CC(C)CCNC(=O)c1cc2n(n1)CC(C)(C(=O)NC1CCCCCC1)N(C)C2=O. The first-order chi connectivity index (χ1) is 14.2. The van der Waals surface area contributed by atoms with E-state index in [0.717, 1.165) is 32.1 Å². The number of rotatable bonds is 6. The third-order valence-corrected chi connectivity index (χ3v) is 6.42. The summed E-state index contributed by atoms with van der Waals surface area (Å²) >= 11 is 0. The van der Waals surface area contributed by atoms with Gasteiger partial charge in [0.05, 0.1) is 6.54 Å². The van der Waals surface area contributed by atoms with Gasteiger partial charge in [0.15, 0.2) is 5.69 Å². The Morgan fingerprint density at radius 2 is 1.90 bits per heavy atom. The lowest BCUT2D eigenvalue weighted by Gasteiger charge is -2.41. The van der Waals surface area contributed by atoms with E-state index >= 15 is 0 Å². The van der Waals surface area contributed by atoms with Crippen molar-refractivity contribution in [3.05, 3.63) is 17.5 Å². The molecule has 30 heavy (non-hydrogen) atoms. The van der Waals surface area contributed by atoms with Gasteiger partial charge in [-0.25, -0.2) is 0 Å². The van der Waals surface area contributed by atoms with Crippen LogP contribution < -0.4 is 10.6 Å². The van der Waals surface area contributed by atoms with E-state index in [1.165, 1.54) is 28.5 Å². The first kappa shape index (κ1) is 22.3. The van der Waals surface area contributed by atoms with Gasteiger partial charge in [0.25, 0.3) is 11.8 Å². The molecule has 0 saturated heterocycles. The number of nitrogens with zero attached hydrogens (tertiary/aromatic N) is 3. The van der Waals surface area contributed by atoms with Crippen molar-refractivity contribution >= 4 is 17.7 Å². The maximum atomic E-state index is 13.2. The van der Waals surface area contributed by atoms with Crippen LogP contribution in [0.15, 0.2) is 6.07 Å². The Balaban J connectivity index is 1.73. The number of carbonyl (C=O) groups is 3. The molecular weight excluding hydrogens is 382 g/mol. The number of carbonyl (C=O) groups excluding carboxylic acids is 3. The molecule has 1 saturated carbocycles. The summed E-state index contributed by atoms with van der Waals surface area (Å²) in [6, 6.07) is 1.67. The molecule has 8 heteroatoms. The number of hydrogen-bond donors (Lipinski definition) is 2. The highest BCUT2D eigenvalue weighted by atomic mass is 16.2. The van der Waals surface area contributed by atoms with E-state index in [-0.39, 0.29) is 36.0 Å². The summed E-state index contributed by atoms with van der Waals surface area (Å²) in [6.07, 6.45) is 7.49. The molecule has 1 fully saturated rings. The molecular formula is C22H35N5O3. The summed E-state index contributed by atoms with van der Waals surface area (Å²) in [4.78, 5) is 40.1. The molecule has 1 aliphatic heterocycles. The Morgan fingerprint density at radius 3 is 2.53 bits per heavy atom. The molecule has 1 atom stereocenters. The zero-order valence-corrected chi connectivity index (χ0v) is 18.7. The number of fused-ring (bicyclic) bond motifs is 1. The Hall–Kier alpha value is -2.38. The summed E-state index contributed by atoms with van der Waals surface area (Å²) in [6.45, 7) is 6.74. The molecule has 1 unspecified atom stereocenters. The zero-order valence-electron chi connectivity index (χ0n) is 18.7. The molecule has 1 aromatic heterocycles. The number of aromatic nitrogens is 2. The third-order valence-electron chi connectivity index (χ3n) is 6.42. The van der Waals surface area contributed by atoms with Gasteiger partial charge in [0, 0.05) is 25.7 Å². The second kappa shape index (κ2) is 9.18. The van der Waals surface area contributed by atoms with Gasteiger partial charge in [-0.05, 0) is 32.1 Å². The van der Waals surface area contributed by atoms with Gasteiger partial charge < -0.3 is 15.5 Å². The molecule has 166 valence electrons. The Labute approximate surface area is 178 Å². The number of hydrogen-bond acceptors (Lipinski definition) is 4. The van der Waals surface area contributed by atoms with E-state index in [1.54, 1.807) is 14.0 Å². The summed E-state index contributed by atoms with van der Waals surface area (Å²) in [5, 5.41) is 10.4. The molecule has 3 amide bonds. The van der Waals surface area contributed by atoms with Crippen LogP contribution >= 0.6 is 0 Å². The minimum Gasteiger partial charge on any atom is -0.351 e. The normalized spacial score (nSPS) is 22.6. The predicted molar refractivity (Wildman–Crippen MR) is 114 cm³/mol. The molecule has 1 aliphatic carbocycles. The maximum Gasteiger partial charge on any atom is 0.272 e. The second-order valence-electron chi connectivity index (χ2n) is 9.31. The first-order valence-electron chi connectivity index (χ1n) is 11.2. The summed E-state index contributed by atoms with van der Waals surface area (Å²) in [5.41, 5.74) is -0.497. The number of amides is 3. The van der Waals surface area contributed by atoms with Gasteiger partial charge in [-0.2, -0.15) is 5.10 Å². The lowest BCUT2D eigenvalue weighted by atomic mass is 9.95. The minimum absolute atomic E-state index is 0.154. The fourth-order valence-corrected chi connectivity index (χ4v) is 4.17. The van der Waals surface area contributed by atoms with Gasteiger partial charge in [-0.3, -0.25) is 19.1 Å².